The predicted octanol–water partition coefficient (Wildman–Crippen LogP) is 8.19. The molecule has 1 aromatic rings. The molecule has 0 amide bonds. The Hall–Kier alpha value is -1.72. The van der Waals surface area contributed by atoms with E-state index in [2.05, 4.69) is 41.8 Å². The second-order valence-corrected chi connectivity index (χ2v) is 10.3. The van der Waals surface area contributed by atoms with Crippen molar-refractivity contribution < 1.29 is 70.3 Å². The highest BCUT2D eigenvalue weighted by Crippen LogP contribution is 2.43. The number of halogens is 14. The molecule has 1 aliphatic rings. The maximum absolute atomic E-state index is 13.6. The van der Waals surface area contributed by atoms with Gasteiger partial charge in [-0.25, -0.2) is 9.13 Å². The molecule has 1 saturated heterocycles. The molecule has 0 spiro atoms. The van der Waals surface area contributed by atoms with Gasteiger partial charge in [0, 0.05) is 6.54 Å². The normalized spacial score (nSPS) is 18.8. The van der Waals surface area contributed by atoms with Crippen LogP contribution in [0, 0.1) is 0 Å². The SMILES string of the molecule is CCCCCCCCN1C(F)(F)[NH+](C)C(F)(F)C1(F)F.CCCCCCCCn1cc[n+](C)c1.F[B-](F)(F)F.F[B-](F)(F)F. The lowest BCUT2D eigenvalue weighted by Crippen LogP contribution is -3.21. The van der Waals surface area contributed by atoms with E-state index >= 15 is 0 Å². The van der Waals surface area contributed by atoms with Crippen molar-refractivity contribution in [2.24, 2.45) is 7.05 Å². The number of alkyl halides is 6. The van der Waals surface area contributed by atoms with Crippen LogP contribution in [0.25, 0.3) is 0 Å². The molecule has 264 valence electrons. The van der Waals surface area contributed by atoms with Gasteiger partial charge in [-0.2, -0.15) is 13.7 Å². The van der Waals surface area contributed by atoms with E-state index in [1.165, 1.54) is 45.1 Å². The third-order valence-corrected chi connectivity index (χ3v) is 6.31. The summed E-state index contributed by atoms with van der Waals surface area (Å²) in [6.07, 6.45) is 14.5. The Bertz CT molecular complexity index is 843. The number of unbranched alkanes of at least 4 members (excludes halogenated alkanes) is 10. The number of likely N-dealkylation sites (N-methyl/N-ethyl adjacent to an activating group) is 1. The summed E-state index contributed by atoms with van der Waals surface area (Å²) >= 11 is 0. The van der Waals surface area contributed by atoms with Gasteiger partial charge in [0.25, 0.3) is 0 Å². The van der Waals surface area contributed by atoms with Crippen molar-refractivity contribution in [1.29, 1.82) is 0 Å². The van der Waals surface area contributed by atoms with E-state index < -0.39 is 49.1 Å². The van der Waals surface area contributed by atoms with Gasteiger partial charge in [-0.1, -0.05) is 71.6 Å². The molecule has 0 aliphatic carbocycles. The first-order valence-electron chi connectivity index (χ1n) is 14.4. The molecular formula is C24H44B2F14N4. The molecule has 1 aromatic heterocycles. The number of nitrogens with zero attached hydrogens (tertiary/aromatic N) is 3. The van der Waals surface area contributed by atoms with E-state index in [9.17, 15) is 60.9 Å². The Morgan fingerprint density at radius 2 is 1.00 bits per heavy atom. The summed E-state index contributed by atoms with van der Waals surface area (Å²) in [5.41, 5.74) is 0. The van der Waals surface area contributed by atoms with Crippen LogP contribution in [0.5, 0.6) is 0 Å². The van der Waals surface area contributed by atoms with E-state index in [1.807, 2.05) is 6.92 Å². The second kappa shape index (κ2) is 20.4. The fraction of sp³-hybridized carbons (Fsp3) is 0.875. The lowest BCUT2D eigenvalue weighted by molar-refractivity contribution is -1.04. The van der Waals surface area contributed by atoms with Gasteiger partial charge in [-0.05, 0) is 19.3 Å². The number of aryl methyl sites for hydroxylation is 2. The Balaban J connectivity index is 0. The quantitative estimate of drug-likeness (QED) is 0.0692. The molecular weight excluding hydrogens is 632 g/mol. The van der Waals surface area contributed by atoms with Crippen LogP contribution in [0.2, 0.25) is 0 Å². The molecule has 2 heterocycles. The van der Waals surface area contributed by atoms with Crippen LogP contribution < -0.4 is 9.47 Å². The molecule has 0 bridgehead atoms. The number of nitrogens with one attached hydrogen (secondary N) is 1. The minimum atomic E-state index is -6.00. The van der Waals surface area contributed by atoms with Gasteiger partial charge in [-0.15, -0.1) is 22.5 Å². The van der Waals surface area contributed by atoms with Crippen LogP contribution in [0.15, 0.2) is 18.7 Å². The number of aromatic nitrogens is 2. The lowest BCUT2D eigenvalue weighted by atomic mass is 10.1. The fourth-order valence-electron chi connectivity index (χ4n) is 4.00. The van der Waals surface area contributed by atoms with Gasteiger partial charge in [0.15, 0.2) is 0 Å². The number of imidazole rings is 1. The van der Waals surface area contributed by atoms with E-state index in [-0.39, 0.29) is 6.42 Å². The topological polar surface area (TPSA) is 16.5 Å². The van der Waals surface area contributed by atoms with E-state index in [0.717, 1.165) is 25.7 Å². The average molecular weight is 676 g/mol. The third-order valence-electron chi connectivity index (χ3n) is 6.31. The van der Waals surface area contributed by atoms with Crippen LogP contribution in [-0.2, 0) is 13.6 Å². The van der Waals surface area contributed by atoms with Crippen LogP contribution >= 0.6 is 0 Å². The van der Waals surface area contributed by atoms with Crippen molar-refractivity contribution in [3.05, 3.63) is 18.7 Å². The molecule has 4 nitrogen and oxygen atoms in total. The van der Waals surface area contributed by atoms with Crippen molar-refractivity contribution in [3.63, 3.8) is 0 Å². The van der Waals surface area contributed by atoms with Crippen LogP contribution in [-0.4, -0.2) is 55.8 Å². The van der Waals surface area contributed by atoms with Crippen LogP contribution in [0.3, 0.4) is 0 Å². The van der Waals surface area contributed by atoms with Gasteiger partial charge >= 0.3 is 32.8 Å². The maximum Gasteiger partial charge on any atom is 0.673 e. The molecule has 1 unspecified atom stereocenters. The van der Waals surface area contributed by atoms with Crippen molar-refractivity contribution in [1.82, 2.24) is 9.47 Å². The fourth-order valence-corrected chi connectivity index (χ4v) is 4.00. The summed E-state index contributed by atoms with van der Waals surface area (Å²) in [4.78, 5) is -2.43. The molecule has 0 aromatic carbocycles. The molecule has 1 N–H and O–H groups in total. The molecule has 0 radical (unpaired) electrons. The molecule has 44 heavy (non-hydrogen) atoms. The smallest absolute Gasteiger partial charge is 0.418 e. The van der Waals surface area contributed by atoms with Crippen LogP contribution in [0.1, 0.15) is 90.9 Å². The predicted molar refractivity (Wildman–Crippen MR) is 141 cm³/mol. The first-order chi connectivity index (χ1) is 19.9. The van der Waals surface area contributed by atoms with Gasteiger partial charge in [0.05, 0.1) is 20.6 Å². The van der Waals surface area contributed by atoms with Gasteiger partial charge in [0.2, 0.25) is 6.33 Å². The van der Waals surface area contributed by atoms with Gasteiger partial charge in [0.1, 0.15) is 12.4 Å². The first kappa shape index (κ1) is 44.4. The van der Waals surface area contributed by atoms with Gasteiger partial charge in [-0.3, -0.25) is 0 Å². The highest BCUT2D eigenvalue weighted by atomic mass is 19.5. The Morgan fingerprint density at radius 1 is 0.636 bits per heavy atom. The van der Waals surface area contributed by atoms with Crippen molar-refractivity contribution in [3.8, 4) is 0 Å². The second-order valence-electron chi connectivity index (χ2n) is 10.3. The molecule has 0 saturated carbocycles. The standard InChI is InChI=1S/C12H20F6N2.C12H23N2.2BF4/c1-3-4-5-6-7-8-9-20-11(15,16)10(13,14)19(2)12(20,17)18;1-3-4-5-6-7-8-9-14-11-10-13(2)12-14;2*2-1(3,4)5/h3-9H2,1-2H3;10-12H,3-9H2,1-2H3;;/q;+1;2*-1/p+1. The largest absolute Gasteiger partial charge is 0.673 e. The van der Waals surface area contributed by atoms with E-state index in [4.69, 9.17) is 0 Å². The zero-order chi connectivity index (χ0) is 34.8. The van der Waals surface area contributed by atoms with E-state index in [1.54, 1.807) is 0 Å². The zero-order valence-corrected chi connectivity index (χ0v) is 25.4. The highest BCUT2D eigenvalue weighted by molar-refractivity contribution is 6.50. The lowest BCUT2D eigenvalue weighted by Gasteiger charge is -2.23. The maximum atomic E-state index is 13.6. The minimum Gasteiger partial charge on any atom is -0.418 e. The molecule has 1 fully saturated rings. The summed E-state index contributed by atoms with van der Waals surface area (Å²) in [5, 5.41) is 0. The van der Waals surface area contributed by atoms with Crippen molar-refractivity contribution >= 4 is 14.5 Å². The highest BCUT2D eigenvalue weighted by Gasteiger charge is 2.84. The Labute approximate surface area is 250 Å². The first-order valence-corrected chi connectivity index (χ1v) is 14.4. The summed E-state index contributed by atoms with van der Waals surface area (Å²) in [6, 6.07) is -9.62. The summed E-state index contributed by atoms with van der Waals surface area (Å²) in [6.45, 7) is 4.71. The third kappa shape index (κ3) is 19.6. The molecule has 1 aliphatic heterocycles. The molecule has 20 heteroatoms. The Kier molecular flexibility index (Phi) is 20.6. The Morgan fingerprint density at radius 3 is 1.32 bits per heavy atom. The number of hydrogen-bond acceptors (Lipinski definition) is 1. The minimum absolute atomic E-state index is 0.0538. The summed E-state index contributed by atoms with van der Waals surface area (Å²) < 4.78 is 163. The van der Waals surface area contributed by atoms with Crippen molar-refractivity contribution in [2.45, 2.75) is 116 Å². The summed E-state index contributed by atoms with van der Waals surface area (Å²) in [7, 11) is -9.55. The number of hydrogen-bond donors (Lipinski definition) is 1. The van der Waals surface area contributed by atoms with Crippen molar-refractivity contribution in [2.75, 3.05) is 13.6 Å². The zero-order valence-electron chi connectivity index (χ0n) is 25.4. The molecule has 2 rings (SSSR count). The summed E-state index contributed by atoms with van der Waals surface area (Å²) in [5.74, 6) is 0. The van der Waals surface area contributed by atoms with E-state index in [0.29, 0.717) is 13.5 Å². The average Bonchev–Trinajstić information content (AvgIpc) is 3.30. The monoisotopic (exact) mass is 676 g/mol. The van der Waals surface area contributed by atoms with Gasteiger partial charge < -0.3 is 34.5 Å². The number of quaternary nitrogens is 1. The molecule has 1 atom stereocenters. The number of rotatable bonds is 14. The van der Waals surface area contributed by atoms with Crippen LogP contribution in [0.4, 0.5) is 60.9 Å².